The van der Waals surface area contributed by atoms with E-state index in [0.717, 1.165) is 12.8 Å². The maximum absolute atomic E-state index is 11.5. The first-order valence-corrected chi connectivity index (χ1v) is 12.2. The van der Waals surface area contributed by atoms with Gasteiger partial charge in [0.1, 0.15) is 17.8 Å². The zero-order valence-corrected chi connectivity index (χ0v) is 20.6. The highest BCUT2D eigenvalue weighted by Crippen LogP contribution is 2.21. The highest BCUT2D eigenvalue weighted by atomic mass is 16.4. The third-order valence-corrected chi connectivity index (χ3v) is 6.16. The second-order valence-corrected chi connectivity index (χ2v) is 9.50. The van der Waals surface area contributed by atoms with Crippen LogP contribution in [0.15, 0.2) is 12.2 Å². The molecule has 0 aromatic rings. The lowest BCUT2D eigenvalue weighted by Crippen LogP contribution is -2.57. The van der Waals surface area contributed by atoms with Gasteiger partial charge in [-0.3, -0.25) is 14.4 Å². The molecule has 0 bridgehead atoms. The molecule has 0 heterocycles. The second-order valence-electron chi connectivity index (χ2n) is 9.50. The van der Waals surface area contributed by atoms with Gasteiger partial charge in [-0.25, -0.2) is 0 Å². The molecule has 7 nitrogen and oxygen atoms in total. The number of allylic oxidation sites excluding steroid dienone is 1. The van der Waals surface area contributed by atoms with E-state index in [9.17, 15) is 29.7 Å². The van der Waals surface area contributed by atoms with Crippen molar-refractivity contribution < 1.29 is 34.2 Å². The molecule has 0 amide bonds. The highest BCUT2D eigenvalue weighted by molar-refractivity contribution is 5.70. The number of hydrogen-bond acceptors (Lipinski definition) is 3. The molecule has 32 heavy (non-hydrogen) atoms. The van der Waals surface area contributed by atoms with Gasteiger partial charge in [0.25, 0.3) is 0 Å². The largest absolute Gasteiger partial charge is 0.481 e. The zero-order valence-electron chi connectivity index (χ0n) is 20.6. The fraction of sp³-hybridized carbons (Fsp3) is 0.800. The van der Waals surface area contributed by atoms with Crippen LogP contribution < -0.4 is 0 Å². The first-order valence-electron chi connectivity index (χ1n) is 12.2. The molecular formula is C25H46NO6+. The Hall–Kier alpha value is -1.89. The molecule has 0 aromatic carbocycles. The molecule has 0 aliphatic carbocycles. The summed E-state index contributed by atoms with van der Waals surface area (Å²) in [7, 11) is 0. The van der Waals surface area contributed by atoms with E-state index in [2.05, 4.69) is 19.1 Å². The van der Waals surface area contributed by atoms with Gasteiger partial charge < -0.3 is 19.8 Å². The van der Waals surface area contributed by atoms with Crippen LogP contribution in [-0.4, -0.2) is 63.9 Å². The maximum Gasteiger partial charge on any atom is 0.311 e. The molecule has 186 valence electrons. The van der Waals surface area contributed by atoms with Gasteiger partial charge in [-0.2, -0.15) is 0 Å². The van der Waals surface area contributed by atoms with E-state index >= 15 is 0 Å². The van der Waals surface area contributed by atoms with E-state index in [0.29, 0.717) is 13.0 Å². The number of quaternary nitrogens is 1. The van der Waals surface area contributed by atoms with Crippen LogP contribution in [-0.2, 0) is 14.4 Å². The van der Waals surface area contributed by atoms with Crippen molar-refractivity contribution in [2.75, 3.05) is 26.2 Å². The highest BCUT2D eigenvalue weighted by Gasteiger charge is 2.37. The van der Waals surface area contributed by atoms with Gasteiger partial charge in [0.15, 0.2) is 0 Å². The predicted molar refractivity (Wildman–Crippen MR) is 126 cm³/mol. The normalized spacial score (nSPS) is 16.4. The Balaban J connectivity index is 5.04. The van der Waals surface area contributed by atoms with E-state index < -0.39 is 35.7 Å². The van der Waals surface area contributed by atoms with Gasteiger partial charge in [0.05, 0.1) is 26.2 Å². The molecular weight excluding hydrogens is 410 g/mol. The SMILES string of the molecule is CCCCCCCCC/C=C/CC[N+](CC(C)C(=O)O)(CC(C)C(=O)O)CC(C)C(=O)O. The Kier molecular flexibility index (Phi) is 15.7. The van der Waals surface area contributed by atoms with Crippen LogP contribution in [0.1, 0.15) is 85.5 Å². The van der Waals surface area contributed by atoms with Crippen molar-refractivity contribution in [3.05, 3.63) is 12.2 Å². The van der Waals surface area contributed by atoms with Crippen molar-refractivity contribution >= 4 is 17.9 Å². The standard InChI is InChI=1S/C25H45NO6/c1-5-6-7-8-9-10-11-12-13-14-15-16-26(17-20(2)23(27)28,18-21(3)24(29)30)19-22(4)25(31)32/h13-14,20-22H,5-12,15-19H2,1-4H3,(H2-,27,28,29,30,31,32)/p+1/b14-13+. The zero-order chi connectivity index (χ0) is 24.6. The smallest absolute Gasteiger partial charge is 0.311 e. The topological polar surface area (TPSA) is 112 Å². The Morgan fingerprint density at radius 3 is 1.44 bits per heavy atom. The molecule has 3 atom stereocenters. The average molecular weight is 457 g/mol. The summed E-state index contributed by atoms with van der Waals surface area (Å²) < 4.78 is 0.177. The summed E-state index contributed by atoms with van der Waals surface area (Å²) in [6.45, 7) is 8.20. The molecule has 0 radical (unpaired) electrons. The third kappa shape index (κ3) is 13.5. The van der Waals surface area contributed by atoms with Crippen molar-refractivity contribution in [1.29, 1.82) is 0 Å². The predicted octanol–water partition coefficient (Wildman–Crippen LogP) is 5.05. The van der Waals surface area contributed by atoms with E-state index in [1.807, 2.05) is 0 Å². The minimum absolute atomic E-state index is 0.177. The maximum atomic E-state index is 11.5. The Morgan fingerprint density at radius 1 is 0.656 bits per heavy atom. The van der Waals surface area contributed by atoms with Crippen molar-refractivity contribution in [3.63, 3.8) is 0 Å². The van der Waals surface area contributed by atoms with Crippen LogP contribution in [0, 0.1) is 17.8 Å². The van der Waals surface area contributed by atoms with E-state index in [1.165, 1.54) is 38.5 Å². The molecule has 3 N–H and O–H groups in total. The van der Waals surface area contributed by atoms with Gasteiger partial charge in [-0.15, -0.1) is 0 Å². The summed E-state index contributed by atoms with van der Waals surface area (Å²) in [5.41, 5.74) is 0. The lowest BCUT2D eigenvalue weighted by atomic mass is 10.0. The van der Waals surface area contributed by atoms with E-state index in [4.69, 9.17) is 0 Å². The molecule has 0 aliphatic heterocycles. The fourth-order valence-electron chi connectivity index (χ4n) is 4.28. The number of nitrogens with zero attached hydrogens (tertiary/aromatic N) is 1. The van der Waals surface area contributed by atoms with Crippen molar-refractivity contribution in [1.82, 2.24) is 0 Å². The molecule has 0 rings (SSSR count). The number of rotatable bonds is 20. The molecule has 0 saturated heterocycles. The summed E-state index contributed by atoms with van der Waals surface area (Å²) >= 11 is 0. The summed E-state index contributed by atoms with van der Waals surface area (Å²) in [6, 6.07) is 0. The van der Waals surface area contributed by atoms with Crippen LogP contribution in [0.25, 0.3) is 0 Å². The van der Waals surface area contributed by atoms with Crippen molar-refractivity contribution in [2.45, 2.75) is 85.5 Å². The lowest BCUT2D eigenvalue weighted by molar-refractivity contribution is -0.933. The van der Waals surface area contributed by atoms with Crippen molar-refractivity contribution in [2.24, 2.45) is 17.8 Å². The second kappa shape index (κ2) is 16.7. The van der Waals surface area contributed by atoms with Crippen LogP contribution in [0.5, 0.6) is 0 Å². The molecule has 0 aromatic heterocycles. The van der Waals surface area contributed by atoms with Crippen LogP contribution in [0.4, 0.5) is 0 Å². The number of hydrogen-bond donors (Lipinski definition) is 3. The molecule has 3 unspecified atom stereocenters. The number of carboxylic acids is 3. The van der Waals surface area contributed by atoms with Gasteiger partial charge in [-0.1, -0.05) is 57.6 Å². The van der Waals surface area contributed by atoms with Crippen LogP contribution in [0.2, 0.25) is 0 Å². The lowest BCUT2D eigenvalue weighted by Gasteiger charge is -2.42. The van der Waals surface area contributed by atoms with E-state index in [-0.39, 0.29) is 24.1 Å². The molecule has 7 heteroatoms. The third-order valence-electron chi connectivity index (χ3n) is 6.16. The van der Waals surface area contributed by atoms with E-state index in [1.54, 1.807) is 20.8 Å². The Labute approximate surface area is 194 Å². The first kappa shape index (κ1) is 30.1. The number of aliphatic carboxylic acids is 3. The molecule has 0 spiro atoms. The fourth-order valence-corrected chi connectivity index (χ4v) is 4.28. The number of unbranched alkanes of at least 4 members (excludes halogenated alkanes) is 7. The summed E-state index contributed by atoms with van der Waals surface area (Å²) in [4.78, 5) is 34.6. The Morgan fingerprint density at radius 2 is 1.03 bits per heavy atom. The minimum atomic E-state index is -0.951. The molecule has 0 saturated carbocycles. The summed E-state index contributed by atoms with van der Waals surface area (Å²) in [5.74, 6) is -4.91. The van der Waals surface area contributed by atoms with Gasteiger partial charge in [0, 0.05) is 6.42 Å². The molecule has 0 aliphatic rings. The average Bonchev–Trinajstić information content (AvgIpc) is 2.71. The minimum Gasteiger partial charge on any atom is -0.481 e. The molecule has 0 fully saturated rings. The quantitative estimate of drug-likeness (QED) is 0.134. The summed E-state index contributed by atoms with van der Waals surface area (Å²) in [5, 5.41) is 28.3. The summed E-state index contributed by atoms with van der Waals surface area (Å²) in [6.07, 6.45) is 14.7. The Bertz CT molecular complexity index is 534. The van der Waals surface area contributed by atoms with Crippen LogP contribution >= 0.6 is 0 Å². The number of carbonyl (C=O) groups is 3. The first-order chi connectivity index (χ1) is 15.0. The van der Waals surface area contributed by atoms with Gasteiger partial charge in [-0.05, 0) is 33.6 Å². The number of carboxylic acid groups (broad SMARTS) is 3. The van der Waals surface area contributed by atoms with Crippen LogP contribution in [0.3, 0.4) is 0 Å². The monoisotopic (exact) mass is 456 g/mol. The van der Waals surface area contributed by atoms with Gasteiger partial charge in [0.2, 0.25) is 0 Å². The van der Waals surface area contributed by atoms with Gasteiger partial charge >= 0.3 is 17.9 Å². The van der Waals surface area contributed by atoms with Crippen molar-refractivity contribution in [3.8, 4) is 0 Å².